The second-order valence-electron chi connectivity index (χ2n) is 6.61. The molecule has 1 atom stereocenters. The summed E-state index contributed by atoms with van der Waals surface area (Å²) in [7, 11) is -1.28. The Labute approximate surface area is 160 Å². The van der Waals surface area contributed by atoms with Gasteiger partial charge in [0.25, 0.3) is 0 Å². The first-order chi connectivity index (χ1) is 13.0. The molecule has 1 aromatic heterocycles. The molecule has 1 N–H and O–H groups in total. The van der Waals surface area contributed by atoms with Gasteiger partial charge in [0.05, 0.1) is 18.6 Å². The quantitative estimate of drug-likeness (QED) is 0.739. The summed E-state index contributed by atoms with van der Waals surface area (Å²) < 4.78 is 28.7. The maximum absolute atomic E-state index is 11.8. The summed E-state index contributed by atoms with van der Waals surface area (Å²) in [6, 6.07) is 9.78. The summed E-state index contributed by atoms with van der Waals surface area (Å²) in [5.41, 5.74) is 1.21. The summed E-state index contributed by atoms with van der Waals surface area (Å²) in [5, 5.41) is 3.32. The summed E-state index contributed by atoms with van der Waals surface area (Å²) in [5.74, 6) is 2.59. The first-order valence-electron chi connectivity index (χ1n) is 9.17. The zero-order valence-corrected chi connectivity index (χ0v) is 16.6. The van der Waals surface area contributed by atoms with E-state index in [1.807, 2.05) is 42.2 Å². The lowest BCUT2D eigenvalue weighted by Gasteiger charge is -2.26. The van der Waals surface area contributed by atoms with Crippen LogP contribution in [0.2, 0.25) is 0 Å². The van der Waals surface area contributed by atoms with E-state index in [0.717, 1.165) is 24.5 Å². The molecule has 8 heteroatoms. The fourth-order valence-electron chi connectivity index (χ4n) is 3.30. The van der Waals surface area contributed by atoms with E-state index in [0.29, 0.717) is 18.9 Å². The third kappa shape index (κ3) is 5.09. The number of benzene rings is 1. The second kappa shape index (κ2) is 8.56. The van der Waals surface area contributed by atoms with E-state index < -0.39 is 9.84 Å². The lowest BCUT2D eigenvalue weighted by molar-refractivity contribution is 0.414. The molecule has 0 saturated carbocycles. The van der Waals surface area contributed by atoms with E-state index in [9.17, 15) is 8.42 Å². The van der Waals surface area contributed by atoms with Gasteiger partial charge in [0.1, 0.15) is 11.6 Å². The normalized spacial score (nSPS) is 18.2. The van der Waals surface area contributed by atoms with Crippen molar-refractivity contribution in [1.82, 2.24) is 9.97 Å². The summed E-state index contributed by atoms with van der Waals surface area (Å²) in [4.78, 5) is 10.9. The molecule has 3 rings (SSSR count). The Balaban J connectivity index is 1.60. The topological polar surface area (TPSA) is 84.4 Å². The molecule has 0 bridgehead atoms. The van der Waals surface area contributed by atoms with Gasteiger partial charge in [-0.25, -0.2) is 13.4 Å². The molecule has 1 aliphatic rings. The van der Waals surface area contributed by atoms with Crippen molar-refractivity contribution in [2.75, 3.05) is 41.9 Å². The smallest absolute Gasteiger partial charge is 0.227 e. The lowest BCUT2D eigenvalue weighted by atomic mass is 10.1. The zero-order valence-electron chi connectivity index (χ0n) is 15.8. The number of methoxy groups -OCH3 is 1. The molecule has 1 aromatic carbocycles. The average molecular weight is 391 g/mol. The van der Waals surface area contributed by atoms with E-state index in [1.54, 1.807) is 13.3 Å². The van der Waals surface area contributed by atoms with Gasteiger partial charge >= 0.3 is 0 Å². The van der Waals surface area contributed by atoms with Crippen molar-refractivity contribution in [3.8, 4) is 5.75 Å². The third-order valence-electron chi connectivity index (χ3n) is 4.77. The maximum atomic E-state index is 11.8. The number of sulfone groups is 1. The highest BCUT2D eigenvalue weighted by atomic mass is 32.2. The van der Waals surface area contributed by atoms with Gasteiger partial charge in [0.15, 0.2) is 9.84 Å². The molecule has 1 saturated heterocycles. The minimum Gasteiger partial charge on any atom is -0.497 e. The van der Waals surface area contributed by atoms with E-state index in [2.05, 4.69) is 15.3 Å². The van der Waals surface area contributed by atoms with Gasteiger partial charge in [-0.1, -0.05) is 12.1 Å². The van der Waals surface area contributed by atoms with Gasteiger partial charge < -0.3 is 15.0 Å². The maximum Gasteiger partial charge on any atom is 0.227 e. The van der Waals surface area contributed by atoms with Gasteiger partial charge in [0, 0.05) is 25.3 Å². The van der Waals surface area contributed by atoms with Gasteiger partial charge in [-0.15, -0.1) is 0 Å². The highest BCUT2D eigenvalue weighted by molar-refractivity contribution is 7.91. The fourth-order valence-corrected chi connectivity index (χ4v) is 5.03. The van der Waals surface area contributed by atoms with Crippen molar-refractivity contribution in [2.45, 2.75) is 25.8 Å². The molecule has 0 spiro atoms. The van der Waals surface area contributed by atoms with Crippen LogP contribution in [0.5, 0.6) is 5.75 Å². The van der Waals surface area contributed by atoms with Crippen molar-refractivity contribution in [1.29, 1.82) is 0 Å². The summed E-state index contributed by atoms with van der Waals surface area (Å²) in [6.07, 6.45) is 3.21. The third-order valence-corrected chi connectivity index (χ3v) is 6.52. The van der Waals surface area contributed by atoms with E-state index >= 15 is 0 Å². The van der Waals surface area contributed by atoms with Crippen molar-refractivity contribution >= 4 is 21.6 Å². The van der Waals surface area contributed by atoms with Crippen LogP contribution in [0.3, 0.4) is 0 Å². The average Bonchev–Trinajstić information content (AvgIpc) is 3.03. The Morgan fingerprint density at radius 1 is 1.26 bits per heavy atom. The molecular formula is C19H26N4O3S. The Kier molecular flexibility index (Phi) is 6.15. The molecule has 1 aliphatic heterocycles. The number of nitrogens with one attached hydrogen (secondary N) is 1. The second-order valence-corrected chi connectivity index (χ2v) is 8.84. The Morgan fingerprint density at radius 3 is 2.67 bits per heavy atom. The number of ether oxygens (including phenoxy) is 1. The summed E-state index contributed by atoms with van der Waals surface area (Å²) in [6.45, 7) is 3.42. The predicted octanol–water partition coefficient (Wildman–Crippen LogP) is 2.15. The number of rotatable bonds is 8. The van der Waals surface area contributed by atoms with Crippen LogP contribution in [0.1, 0.15) is 18.9 Å². The van der Waals surface area contributed by atoms with Crippen LogP contribution in [0, 0.1) is 0 Å². The van der Waals surface area contributed by atoms with Crippen LogP contribution in [0.15, 0.2) is 36.5 Å². The van der Waals surface area contributed by atoms with Gasteiger partial charge in [-0.05, 0) is 43.5 Å². The van der Waals surface area contributed by atoms with Crippen LogP contribution in [-0.4, -0.2) is 56.1 Å². The summed E-state index contributed by atoms with van der Waals surface area (Å²) >= 11 is 0. The molecule has 27 heavy (non-hydrogen) atoms. The first kappa shape index (κ1) is 19.4. The molecule has 0 aliphatic carbocycles. The van der Waals surface area contributed by atoms with Crippen LogP contribution in [-0.2, 0) is 16.3 Å². The number of hydrogen-bond acceptors (Lipinski definition) is 7. The van der Waals surface area contributed by atoms with Gasteiger partial charge in [-0.3, -0.25) is 0 Å². The fraction of sp³-hybridized carbons (Fsp3) is 0.474. The first-order valence-corrected chi connectivity index (χ1v) is 11.0. The molecule has 2 heterocycles. The molecule has 146 valence electrons. The van der Waals surface area contributed by atoms with E-state index in [4.69, 9.17) is 4.74 Å². The Morgan fingerprint density at radius 2 is 2.04 bits per heavy atom. The molecule has 7 nitrogen and oxygen atoms in total. The Bertz CT molecular complexity index is 856. The molecule has 0 radical (unpaired) electrons. The zero-order chi connectivity index (χ0) is 19.3. The van der Waals surface area contributed by atoms with Crippen molar-refractivity contribution in [3.05, 3.63) is 42.1 Å². The highest BCUT2D eigenvalue weighted by Gasteiger charge is 2.32. The van der Waals surface area contributed by atoms with Gasteiger partial charge in [0.2, 0.25) is 5.95 Å². The van der Waals surface area contributed by atoms with Crippen molar-refractivity contribution < 1.29 is 13.2 Å². The molecular weight excluding hydrogens is 364 g/mol. The van der Waals surface area contributed by atoms with Gasteiger partial charge in [-0.2, -0.15) is 4.98 Å². The highest BCUT2D eigenvalue weighted by Crippen LogP contribution is 2.22. The number of nitrogens with zero attached hydrogens (tertiary/aromatic N) is 3. The minimum absolute atomic E-state index is 0.0467. The number of aromatic nitrogens is 2. The number of anilines is 2. The van der Waals surface area contributed by atoms with E-state index in [-0.39, 0.29) is 17.5 Å². The standard InChI is InChI=1S/C19H26N4O3S/c1-3-23(16-10-13-27(24,25)14-16)19-21-12-9-18(22-19)20-11-8-15-4-6-17(26-2)7-5-15/h4-7,9,12,16H,3,8,10-11,13-14H2,1-2H3,(H,20,21,22). The lowest BCUT2D eigenvalue weighted by Crippen LogP contribution is -2.37. The van der Waals surface area contributed by atoms with Crippen LogP contribution in [0.4, 0.5) is 11.8 Å². The largest absolute Gasteiger partial charge is 0.497 e. The molecule has 2 aromatic rings. The predicted molar refractivity (Wildman–Crippen MR) is 107 cm³/mol. The SMILES string of the molecule is CCN(c1nccc(NCCc2ccc(OC)cc2)n1)C1CCS(=O)(=O)C1. The van der Waals surface area contributed by atoms with Crippen LogP contribution in [0.25, 0.3) is 0 Å². The van der Waals surface area contributed by atoms with Crippen LogP contribution < -0.4 is 15.0 Å². The van der Waals surface area contributed by atoms with E-state index in [1.165, 1.54) is 5.56 Å². The molecule has 1 unspecified atom stereocenters. The Hall–Kier alpha value is -2.35. The molecule has 0 amide bonds. The van der Waals surface area contributed by atoms with Crippen LogP contribution >= 0.6 is 0 Å². The minimum atomic E-state index is -2.94. The van der Waals surface area contributed by atoms with Crippen molar-refractivity contribution in [3.63, 3.8) is 0 Å². The molecule has 1 fully saturated rings. The number of hydrogen-bond donors (Lipinski definition) is 1. The monoisotopic (exact) mass is 390 g/mol. The van der Waals surface area contributed by atoms with Crippen molar-refractivity contribution in [2.24, 2.45) is 0 Å².